The summed E-state index contributed by atoms with van der Waals surface area (Å²) < 4.78 is 0. The van der Waals surface area contributed by atoms with Gasteiger partial charge in [0, 0.05) is 24.8 Å². The van der Waals surface area contributed by atoms with Gasteiger partial charge >= 0.3 is 0 Å². The fourth-order valence-electron chi connectivity index (χ4n) is 2.28. The molecule has 1 heterocycles. The van der Waals surface area contributed by atoms with Gasteiger partial charge in [0.05, 0.1) is 10.7 Å². The van der Waals surface area contributed by atoms with E-state index in [1.54, 1.807) is 11.3 Å². The van der Waals surface area contributed by atoms with E-state index in [2.05, 4.69) is 29.5 Å². The molecule has 0 saturated heterocycles. The van der Waals surface area contributed by atoms with Crippen LogP contribution in [-0.4, -0.2) is 24.0 Å². The van der Waals surface area contributed by atoms with Crippen molar-refractivity contribution >= 4 is 17.2 Å². The molecule has 0 spiro atoms. The molecule has 0 saturated carbocycles. The molecule has 3 N–H and O–H groups in total. The largest absolute Gasteiger partial charge is 0.356 e. The number of thiazole rings is 1. The number of carbonyl (C=O) groups excluding carboxylic acids is 1. The highest BCUT2D eigenvalue weighted by molar-refractivity contribution is 7.09. The van der Waals surface area contributed by atoms with Crippen LogP contribution in [0.2, 0.25) is 0 Å². The molecule has 1 unspecified atom stereocenters. The van der Waals surface area contributed by atoms with Crippen LogP contribution in [0.1, 0.15) is 43.8 Å². The van der Waals surface area contributed by atoms with Crippen LogP contribution in [0.15, 0.2) is 5.38 Å². The summed E-state index contributed by atoms with van der Waals surface area (Å²) in [5.41, 5.74) is 6.68. The van der Waals surface area contributed by atoms with Gasteiger partial charge < -0.3 is 11.1 Å². The van der Waals surface area contributed by atoms with E-state index in [1.807, 2.05) is 6.92 Å². The van der Waals surface area contributed by atoms with E-state index in [-0.39, 0.29) is 5.91 Å². The Bertz CT molecular complexity index is 404. The lowest BCUT2D eigenvalue weighted by atomic mass is 9.88. The summed E-state index contributed by atoms with van der Waals surface area (Å²) in [6.45, 7) is 7.76. The van der Waals surface area contributed by atoms with E-state index in [0.717, 1.165) is 30.0 Å². The van der Waals surface area contributed by atoms with Gasteiger partial charge in [-0.3, -0.25) is 4.79 Å². The minimum Gasteiger partial charge on any atom is -0.356 e. The highest BCUT2D eigenvalue weighted by atomic mass is 32.1. The number of nitrogens with zero attached hydrogens (tertiary/aromatic N) is 1. The van der Waals surface area contributed by atoms with E-state index in [4.69, 9.17) is 5.73 Å². The number of nitrogens with two attached hydrogens (primary N) is 1. The molecule has 1 rings (SSSR count). The van der Waals surface area contributed by atoms with E-state index >= 15 is 0 Å². The third-order valence-corrected chi connectivity index (χ3v) is 4.41. The number of aromatic nitrogens is 1. The number of hydrogen-bond donors (Lipinski definition) is 2. The van der Waals surface area contributed by atoms with Crippen LogP contribution in [0.25, 0.3) is 0 Å². The average molecular weight is 297 g/mol. The van der Waals surface area contributed by atoms with Crippen molar-refractivity contribution in [2.45, 2.75) is 46.5 Å². The zero-order valence-electron chi connectivity index (χ0n) is 12.8. The van der Waals surface area contributed by atoms with Gasteiger partial charge in [0.1, 0.15) is 0 Å². The number of amides is 1. The molecule has 20 heavy (non-hydrogen) atoms. The molecule has 1 aromatic heterocycles. The summed E-state index contributed by atoms with van der Waals surface area (Å²) in [6.07, 6.45) is 3.34. The third-order valence-electron chi connectivity index (χ3n) is 3.59. The van der Waals surface area contributed by atoms with Crippen molar-refractivity contribution in [1.29, 1.82) is 0 Å². The molecule has 1 atom stereocenters. The molecule has 0 aliphatic carbocycles. The van der Waals surface area contributed by atoms with E-state index in [0.29, 0.717) is 31.3 Å². The average Bonchev–Trinajstić information content (AvgIpc) is 2.80. The molecule has 4 nitrogen and oxygen atoms in total. The summed E-state index contributed by atoms with van der Waals surface area (Å²) in [7, 11) is 0. The molecular weight excluding hydrogens is 270 g/mol. The van der Waals surface area contributed by atoms with Crippen LogP contribution < -0.4 is 11.1 Å². The molecule has 0 fully saturated rings. The van der Waals surface area contributed by atoms with Crippen molar-refractivity contribution in [3.8, 4) is 0 Å². The second kappa shape index (κ2) is 9.08. The predicted octanol–water partition coefficient (Wildman–Crippen LogP) is 2.51. The first-order valence-corrected chi connectivity index (χ1v) is 8.28. The topological polar surface area (TPSA) is 68.0 Å². The maximum absolute atomic E-state index is 11.8. The minimum absolute atomic E-state index is 0.139. The molecule has 114 valence electrons. The number of carbonyl (C=O) groups is 1. The molecule has 1 aromatic rings. The predicted molar refractivity (Wildman–Crippen MR) is 84.8 cm³/mol. The minimum atomic E-state index is 0.139. The first-order chi connectivity index (χ1) is 9.52. The van der Waals surface area contributed by atoms with Crippen LogP contribution >= 0.6 is 11.3 Å². The van der Waals surface area contributed by atoms with Crippen LogP contribution in [0.5, 0.6) is 0 Å². The van der Waals surface area contributed by atoms with Gasteiger partial charge in [-0.15, -0.1) is 11.3 Å². The lowest BCUT2D eigenvalue weighted by Crippen LogP contribution is -2.27. The zero-order chi connectivity index (χ0) is 15.0. The highest BCUT2D eigenvalue weighted by Gasteiger charge is 2.14. The van der Waals surface area contributed by atoms with E-state index in [1.165, 1.54) is 0 Å². The summed E-state index contributed by atoms with van der Waals surface area (Å²) in [5, 5.41) is 6.10. The highest BCUT2D eigenvalue weighted by Crippen LogP contribution is 2.20. The van der Waals surface area contributed by atoms with Gasteiger partial charge in [0.15, 0.2) is 0 Å². The number of rotatable bonds is 9. The van der Waals surface area contributed by atoms with Gasteiger partial charge in [0.25, 0.3) is 0 Å². The van der Waals surface area contributed by atoms with Gasteiger partial charge in [0.2, 0.25) is 5.91 Å². The van der Waals surface area contributed by atoms with Crippen LogP contribution in [0, 0.1) is 18.8 Å². The van der Waals surface area contributed by atoms with Gasteiger partial charge in [-0.05, 0) is 38.1 Å². The van der Waals surface area contributed by atoms with Crippen LogP contribution in [0.3, 0.4) is 0 Å². The fourth-order valence-corrected chi connectivity index (χ4v) is 2.93. The smallest absolute Gasteiger partial charge is 0.220 e. The number of aryl methyl sites for hydroxylation is 1. The zero-order valence-corrected chi connectivity index (χ0v) is 13.6. The Balaban J connectivity index is 2.19. The number of nitrogens with one attached hydrogen (secondary N) is 1. The first-order valence-electron chi connectivity index (χ1n) is 7.40. The monoisotopic (exact) mass is 297 g/mol. The molecule has 0 aliphatic heterocycles. The van der Waals surface area contributed by atoms with Crippen molar-refractivity contribution in [1.82, 2.24) is 10.3 Å². The SMILES string of the molecule is Cc1nc(CCNC(=O)CCC(CCN)C(C)C)cs1. The Labute approximate surface area is 126 Å². The fraction of sp³-hybridized carbons (Fsp3) is 0.733. The first kappa shape index (κ1) is 17.1. The van der Waals surface area contributed by atoms with Gasteiger partial charge in [-0.1, -0.05) is 13.8 Å². The third kappa shape index (κ3) is 6.48. The molecule has 5 heteroatoms. The lowest BCUT2D eigenvalue weighted by Gasteiger charge is -2.19. The van der Waals surface area contributed by atoms with Gasteiger partial charge in [-0.2, -0.15) is 0 Å². The van der Waals surface area contributed by atoms with Crippen molar-refractivity contribution < 1.29 is 4.79 Å². The van der Waals surface area contributed by atoms with E-state index < -0.39 is 0 Å². The Hall–Kier alpha value is -0.940. The Kier molecular flexibility index (Phi) is 7.77. The molecular formula is C15H27N3OS. The summed E-state index contributed by atoms with van der Waals surface area (Å²) in [4.78, 5) is 16.2. The van der Waals surface area contributed by atoms with Gasteiger partial charge in [-0.25, -0.2) is 4.98 Å². The molecule has 1 amide bonds. The van der Waals surface area contributed by atoms with Crippen molar-refractivity contribution in [2.75, 3.05) is 13.1 Å². The summed E-state index contributed by atoms with van der Waals surface area (Å²) in [5.74, 6) is 1.27. The maximum Gasteiger partial charge on any atom is 0.220 e. The Morgan fingerprint density at radius 2 is 2.20 bits per heavy atom. The second-order valence-corrected chi connectivity index (χ2v) is 6.64. The normalized spacial score (nSPS) is 12.7. The quantitative estimate of drug-likeness (QED) is 0.736. The Morgan fingerprint density at radius 1 is 1.45 bits per heavy atom. The summed E-state index contributed by atoms with van der Waals surface area (Å²) in [6, 6.07) is 0. The Morgan fingerprint density at radius 3 is 2.75 bits per heavy atom. The number of hydrogen-bond acceptors (Lipinski definition) is 4. The molecule has 0 bridgehead atoms. The molecule has 0 radical (unpaired) electrons. The van der Waals surface area contributed by atoms with E-state index in [9.17, 15) is 4.79 Å². The lowest BCUT2D eigenvalue weighted by molar-refractivity contribution is -0.121. The molecule has 0 aromatic carbocycles. The van der Waals surface area contributed by atoms with Crippen LogP contribution in [0.4, 0.5) is 0 Å². The van der Waals surface area contributed by atoms with Crippen molar-refractivity contribution in [3.63, 3.8) is 0 Å². The maximum atomic E-state index is 11.8. The standard InChI is InChI=1S/C15H27N3OS/c1-11(2)13(6-8-16)4-5-15(19)17-9-7-14-10-20-12(3)18-14/h10-11,13H,4-9,16H2,1-3H3,(H,17,19). The molecule has 0 aliphatic rings. The van der Waals surface area contributed by atoms with Crippen molar-refractivity contribution in [3.05, 3.63) is 16.1 Å². The van der Waals surface area contributed by atoms with Crippen LogP contribution in [-0.2, 0) is 11.2 Å². The summed E-state index contributed by atoms with van der Waals surface area (Å²) >= 11 is 1.65. The second-order valence-electron chi connectivity index (χ2n) is 5.58. The van der Waals surface area contributed by atoms with Crippen molar-refractivity contribution in [2.24, 2.45) is 17.6 Å².